The minimum atomic E-state index is -0.814. The van der Waals surface area contributed by atoms with Gasteiger partial charge in [0.05, 0.1) is 10.6 Å². The molecule has 1 unspecified atom stereocenters. The molecule has 176 valence electrons. The SMILES string of the molecule is CCN(CC)C(=O)c1ccc(NC(=O)C(Cc2ccccc2)NC(=O)c2ccccc2)cc1Cl. The van der Waals surface area contributed by atoms with E-state index >= 15 is 0 Å². The fraction of sp³-hybridized carbons (Fsp3) is 0.222. The van der Waals surface area contributed by atoms with Gasteiger partial charge in [0.15, 0.2) is 0 Å². The molecule has 3 aromatic carbocycles. The van der Waals surface area contributed by atoms with Crippen molar-refractivity contribution < 1.29 is 14.4 Å². The van der Waals surface area contributed by atoms with Crippen LogP contribution in [0.5, 0.6) is 0 Å². The normalized spacial score (nSPS) is 11.4. The molecule has 3 aromatic rings. The van der Waals surface area contributed by atoms with Gasteiger partial charge in [-0.15, -0.1) is 0 Å². The lowest BCUT2D eigenvalue weighted by molar-refractivity contribution is -0.118. The Morgan fingerprint density at radius 3 is 2.09 bits per heavy atom. The number of nitrogens with zero attached hydrogens (tertiary/aromatic N) is 1. The van der Waals surface area contributed by atoms with E-state index in [0.717, 1.165) is 5.56 Å². The van der Waals surface area contributed by atoms with Crippen molar-refractivity contribution in [3.8, 4) is 0 Å². The third-order valence-corrected chi connectivity index (χ3v) is 5.77. The first-order valence-corrected chi connectivity index (χ1v) is 11.6. The highest BCUT2D eigenvalue weighted by Gasteiger charge is 2.23. The quantitative estimate of drug-likeness (QED) is 0.464. The van der Waals surface area contributed by atoms with E-state index in [1.54, 1.807) is 47.4 Å². The summed E-state index contributed by atoms with van der Waals surface area (Å²) in [6.07, 6.45) is 0.317. The molecule has 0 aliphatic heterocycles. The third-order valence-electron chi connectivity index (χ3n) is 5.46. The highest BCUT2D eigenvalue weighted by Crippen LogP contribution is 2.23. The Morgan fingerprint density at radius 1 is 0.882 bits per heavy atom. The van der Waals surface area contributed by atoms with Gasteiger partial charge in [-0.1, -0.05) is 60.1 Å². The smallest absolute Gasteiger partial charge is 0.255 e. The molecule has 0 saturated carbocycles. The van der Waals surface area contributed by atoms with Crippen molar-refractivity contribution in [1.29, 1.82) is 0 Å². The largest absolute Gasteiger partial charge is 0.340 e. The van der Waals surface area contributed by atoms with E-state index < -0.39 is 6.04 Å². The first-order chi connectivity index (χ1) is 16.4. The molecule has 0 radical (unpaired) electrons. The van der Waals surface area contributed by atoms with Gasteiger partial charge < -0.3 is 15.5 Å². The average Bonchev–Trinajstić information content (AvgIpc) is 2.85. The number of hydrogen-bond donors (Lipinski definition) is 2. The Balaban J connectivity index is 1.78. The first-order valence-electron chi connectivity index (χ1n) is 11.2. The zero-order valence-corrected chi connectivity index (χ0v) is 20.0. The van der Waals surface area contributed by atoms with E-state index in [0.29, 0.717) is 36.3 Å². The van der Waals surface area contributed by atoms with Crippen molar-refractivity contribution in [2.75, 3.05) is 18.4 Å². The average molecular weight is 478 g/mol. The molecule has 0 aliphatic carbocycles. The number of hydrogen-bond acceptors (Lipinski definition) is 3. The number of nitrogens with one attached hydrogen (secondary N) is 2. The van der Waals surface area contributed by atoms with Gasteiger partial charge in [-0.05, 0) is 49.7 Å². The Bertz CT molecular complexity index is 1130. The van der Waals surface area contributed by atoms with Crippen LogP contribution in [0.15, 0.2) is 78.9 Å². The first kappa shape index (κ1) is 25.0. The number of halogens is 1. The summed E-state index contributed by atoms with van der Waals surface area (Å²) in [4.78, 5) is 40.2. The Kier molecular flexibility index (Phi) is 8.82. The lowest BCUT2D eigenvalue weighted by Crippen LogP contribution is -2.45. The number of carbonyl (C=O) groups is 3. The van der Waals surface area contributed by atoms with Crippen LogP contribution in [0.25, 0.3) is 0 Å². The maximum Gasteiger partial charge on any atom is 0.255 e. The summed E-state index contributed by atoms with van der Waals surface area (Å²) in [5.74, 6) is -0.883. The zero-order valence-electron chi connectivity index (χ0n) is 19.3. The van der Waals surface area contributed by atoms with E-state index in [2.05, 4.69) is 10.6 Å². The Morgan fingerprint density at radius 2 is 1.50 bits per heavy atom. The summed E-state index contributed by atoms with van der Waals surface area (Å²) in [5.41, 5.74) is 2.20. The second-order valence-electron chi connectivity index (χ2n) is 7.74. The van der Waals surface area contributed by atoms with Crippen LogP contribution in [0.4, 0.5) is 5.69 Å². The van der Waals surface area contributed by atoms with Crippen LogP contribution in [-0.2, 0) is 11.2 Å². The van der Waals surface area contributed by atoms with E-state index in [4.69, 9.17) is 11.6 Å². The molecule has 1 atom stereocenters. The number of carbonyl (C=O) groups excluding carboxylic acids is 3. The molecule has 3 rings (SSSR count). The second-order valence-corrected chi connectivity index (χ2v) is 8.15. The van der Waals surface area contributed by atoms with Gasteiger partial charge >= 0.3 is 0 Å². The topological polar surface area (TPSA) is 78.5 Å². The second kappa shape index (κ2) is 12.0. The molecule has 0 fully saturated rings. The molecule has 0 heterocycles. The van der Waals surface area contributed by atoms with Gasteiger partial charge in [-0.2, -0.15) is 0 Å². The van der Waals surface area contributed by atoms with Gasteiger partial charge in [0.1, 0.15) is 6.04 Å². The lowest BCUT2D eigenvalue weighted by atomic mass is 10.0. The molecule has 7 heteroatoms. The van der Waals surface area contributed by atoms with Crippen LogP contribution in [0.2, 0.25) is 5.02 Å². The van der Waals surface area contributed by atoms with Crippen LogP contribution in [0.1, 0.15) is 40.1 Å². The van der Waals surface area contributed by atoms with Crippen molar-refractivity contribution in [3.63, 3.8) is 0 Å². The Labute approximate surface area is 204 Å². The van der Waals surface area contributed by atoms with Crippen LogP contribution in [0.3, 0.4) is 0 Å². The summed E-state index contributed by atoms with van der Waals surface area (Å²) in [5, 5.41) is 5.90. The maximum atomic E-state index is 13.2. The van der Waals surface area contributed by atoms with E-state index in [9.17, 15) is 14.4 Å². The molecular weight excluding hydrogens is 450 g/mol. The highest BCUT2D eigenvalue weighted by molar-refractivity contribution is 6.34. The van der Waals surface area contributed by atoms with Crippen molar-refractivity contribution >= 4 is 35.0 Å². The van der Waals surface area contributed by atoms with Crippen LogP contribution >= 0.6 is 11.6 Å². The molecule has 0 spiro atoms. The molecule has 2 N–H and O–H groups in total. The summed E-state index contributed by atoms with van der Waals surface area (Å²) in [6, 6.07) is 22.2. The molecule has 0 aromatic heterocycles. The molecule has 6 nitrogen and oxygen atoms in total. The molecule has 34 heavy (non-hydrogen) atoms. The van der Waals surface area contributed by atoms with Crippen LogP contribution in [-0.4, -0.2) is 41.8 Å². The summed E-state index contributed by atoms with van der Waals surface area (Å²) >= 11 is 6.37. The van der Waals surface area contributed by atoms with Crippen molar-refractivity contribution in [3.05, 3.63) is 101 Å². The van der Waals surface area contributed by atoms with Gasteiger partial charge in [0, 0.05) is 30.8 Å². The summed E-state index contributed by atoms with van der Waals surface area (Å²) < 4.78 is 0. The minimum Gasteiger partial charge on any atom is -0.340 e. The highest BCUT2D eigenvalue weighted by atomic mass is 35.5. The summed E-state index contributed by atoms with van der Waals surface area (Å²) in [6.45, 7) is 4.96. The molecule has 3 amide bonds. The van der Waals surface area contributed by atoms with Crippen molar-refractivity contribution in [2.24, 2.45) is 0 Å². The van der Waals surface area contributed by atoms with Gasteiger partial charge in [0.2, 0.25) is 5.91 Å². The van der Waals surface area contributed by atoms with Gasteiger partial charge in [-0.3, -0.25) is 14.4 Å². The van der Waals surface area contributed by atoms with E-state index in [1.165, 1.54) is 0 Å². The van der Waals surface area contributed by atoms with Gasteiger partial charge in [-0.25, -0.2) is 0 Å². The summed E-state index contributed by atoms with van der Waals surface area (Å²) in [7, 11) is 0. The molecular formula is C27H28ClN3O3. The number of benzene rings is 3. The zero-order chi connectivity index (χ0) is 24.5. The number of rotatable bonds is 9. The maximum absolute atomic E-state index is 13.2. The predicted molar refractivity (Wildman–Crippen MR) is 135 cm³/mol. The molecule has 0 saturated heterocycles. The van der Waals surface area contributed by atoms with Crippen LogP contribution < -0.4 is 10.6 Å². The molecule has 0 bridgehead atoms. The fourth-order valence-electron chi connectivity index (χ4n) is 3.57. The number of amides is 3. The van der Waals surface area contributed by atoms with Gasteiger partial charge in [0.25, 0.3) is 11.8 Å². The molecule has 0 aliphatic rings. The third kappa shape index (κ3) is 6.45. The predicted octanol–water partition coefficient (Wildman–Crippen LogP) is 4.80. The standard InChI is InChI=1S/C27H28ClN3O3/c1-3-31(4-2)27(34)22-16-15-21(18-23(22)28)29-26(33)24(17-19-11-7-5-8-12-19)30-25(32)20-13-9-6-10-14-20/h5-16,18,24H,3-4,17H2,1-2H3,(H,29,33)(H,30,32). The van der Waals surface area contributed by atoms with E-state index in [1.807, 2.05) is 50.2 Å². The minimum absolute atomic E-state index is 0.162. The Hall–Kier alpha value is -3.64. The van der Waals surface area contributed by atoms with E-state index in [-0.39, 0.29) is 22.7 Å². The van der Waals surface area contributed by atoms with Crippen molar-refractivity contribution in [2.45, 2.75) is 26.3 Å². The lowest BCUT2D eigenvalue weighted by Gasteiger charge is -2.21. The van der Waals surface area contributed by atoms with Crippen molar-refractivity contribution in [1.82, 2.24) is 10.2 Å². The van der Waals surface area contributed by atoms with Crippen LogP contribution in [0, 0.1) is 0 Å². The fourth-order valence-corrected chi connectivity index (χ4v) is 3.83. The monoisotopic (exact) mass is 477 g/mol. The number of anilines is 1.